The number of halogens is 1. The maximum absolute atomic E-state index is 13.5. The summed E-state index contributed by atoms with van der Waals surface area (Å²) in [7, 11) is 0. The molecule has 0 radical (unpaired) electrons. The molecule has 4 aromatic carbocycles. The molecule has 1 aliphatic rings. The van der Waals surface area contributed by atoms with E-state index in [1.165, 1.54) is 17.0 Å². The van der Waals surface area contributed by atoms with Gasteiger partial charge in [-0.3, -0.25) is 9.59 Å². The highest BCUT2D eigenvalue weighted by Gasteiger charge is 2.46. The Labute approximate surface area is 208 Å². The molecule has 0 aliphatic carbocycles. The number of benzene rings is 4. The minimum atomic E-state index is -0.836. The number of hydrogen-bond acceptors (Lipinski definition) is 4. The number of likely N-dealkylation sites (tertiary alicyclic amines) is 1. The van der Waals surface area contributed by atoms with E-state index in [1.807, 2.05) is 49.4 Å². The van der Waals surface area contributed by atoms with Crippen LogP contribution in [0.1, 0.15) is 29.7 Å². The lowest BCUT2D eigenvalue weighted by atomic mass is 9.91. The van der Waals surface area contributed by atoms with Gasteiger partial charge in [0.25, 0.3) is 11.7 Å². The Morgan fingerprint density at radius 1 is 0.944 bits per heavy atom. The van der Waals surface area contributed by atoms with Crippen LogP contribution < -0.4 is 4.74 Å². The number of carbonyl (C=O) groups excluding carboxylic acids is 2. The fraction of sp³-hybridized carbons (Fsp3) is 0.133. The quantitative estimate of drug-likeness (QED) is 0.208. The number of rotatable bonds is 6. The summed E-state index contributed by atoms with van der Waals surface area (Å²) in [5.41, 5.74) is 1.77. The summed E-state index contributed by atoms with van der Waals surface area (Å²) in [6.07, 6.45) is 0. The molecule has 0 aromatic heterocycles. The number of carbonyl (C=O) groups is 2. The van der Waals surface area contributed by atoms with E-state index in [4.69, 9.17) is 4.74 Å². The average molecular weight is 482 g/mol. The van der Waals surface area contributed by atoms with Crippen LogP contribution >= 0.6 is 0 Å². The zero-order chi connectivity index (χ0) is 25.2. The molecule has 1 aliphatic heterocycles. The molecule has 36 heavy (non-hydrogen) atoms. The molecular weight excluding hydrogens is 457 g/mol. The largest absolute Gasteiger partial charge is 0.507 e. The molecule has 6 heteroatoms. The van der Waals surface area contributed by atoms with Gasteiger partial charge >= 0.3 is 0 Å². The van der Waals surface area contributed by atoms with Gasteiger partial charge in [-0.2, -0.15) is 0 Å². The first-order valence-corrected chi connectivity index (χ1v) is 11.7. The van der Waals surface area contributed by atoms with Gasteiger partial charge in [-0.15, -0.1) is 0 Å². The number of aliphatic hydroxyl groups is 1. The predicted octanol–water partition coefficient (Wildman–Crippen LogP) is 6.00. The van der Waals surface area contributed by atoms with Gasteiger partial charge in [0.2, 0.25) is 0 Å². The Balaban J connectivity index is 1.71. The third-order valence-electron chi connectivity index (χ3n) is 6.34. The monoisotopic (exact) mass is 481 g/mol. The summed E-state index contributed by atoms with van der Waals surface area (Å²) in [6, 6.07) is 25.1. The van der Waals surface area contributed by atoms with Crippen LogP contribution in [-0.2, 0) is 16.1 Å². The van der Waals surface area contributed by atoms with Gasteiger partial charge < -0.3 is 14.7 Å². The molecule has 1 heterocycles. The molecule has 4 aromatic rings. The molecule has 1 N–H and O–H groups in total. The van der Waals surface area contributed by atoms with Crippen LogP contribution in [0.15, 0.2) is 96.6 Å². The first kappa shape index (κ1) is 23.3. The van der Waals surface area contributed by atoms with E-state index in [1.54, 1.807) is 36.4 Å². The van der Waals surface area contributed by atoms with Crippen LogP contribution in [0.5, 0.6) is 5.75 Å². The molecule has 1 amide bonds. The van der Waals surface area contributed by atoms with E-state index in [-0.39, 0.29) is 23.7 Å². The number of nitrogens with zero attached hydrogens (tertiary/aromatic N) is 1. The standard InChI is InChI=1S/C30H24FNO4/c1-2-36-23-10-5-9-21(17-23)28(33)26-27(25-12-6-8-20-7-3-4-11-24(20)25)32(30(35)29(26)34)18-19-13-15-22(31)16-14-19/h3-17,27,33H,2,18H2,1H3/b28-26-. The molecule has 1 atom stereocenters. The number of hydrogen-bond donors (Lipinski definition) is 1. The van der Waals surface area contributed by atoms with Gasteiger partial charge in [0, 0.05) is 12.1 Å². The number of amides is 1. The Morgan fingerprint density at radius 2 is 1.67 bits per heavy atom. The minimum absolute atomic E-state index is 0.00659. The van der Waals surface area contributed by atoms with Crippen LogP contribution in [0.4, 0.5) is 4.39 Å². The lowest BCUT2D eigenvalue weighted by Gasteiger charge is -2.26. The molecule has 1 unspecified atom stereocenters. The highest BCUT2D eigenvalue weighted by molar-refractivity contribution is 6.46. The average Bonchev–Trinajstić information content (AvgIpc) is 3.14. The molecule has 0 saturated carbocycles. The van der Waals surface area contributed by atoms with Crippen molar-refractivity contribution >= 4 is 28.2 Å². The van der Waals surface area contributed by atoms with Crippen molar-refractivity contribution in [2.24, 2.45) is 0 Å². The van der Waals surface area contributed by atoms with Crippen LogP contribution in [0, 0.1) is 5.82 Å². The van der Waals surface area contributed by atoms with Crippen molar-refractivity contribution < 1.29 is 23.8 Å². The van der Waals surface area contributed by atoms with Crippen LogP contribution in [0.3, 0.4) is 0 Å². The third-order valence-corrected chi connectivity index (χ3v) is 6.34. The summed E-state index contributed by atoms with van der Waals surface area (Å²) in [6.45, 7) is 2.38. The Hall–Kier alpha value is -4.45. The fourth-order valence-electron chi connectivity index (χ4n) is 4.70. The fourth-order valence-corrected chi connectivity index (χ4v) is 4.70. The van der Waals surface area contributed by atoms with E-state index >= 15 is 0 Å². The molecule has 0 spiro atoms. The van der Waals surface area contributed by atoms with E-state index in [0.717, 1.165) is 16.3 Å². The van der Waals surface area contributed by atoms with Crippen molar-refractivity contribution in [3.63, 3.8) is 0 Å². The lowest BCUT2D eigenvalue weighted by molar-refractivity contribution is -0.140. The second-order valence-electron chi connectivity index (χ2n) is 8.58. The normalized spacial score (nSPS) is 17.1. The van der Waals surface area contributed by atoms with Crippen LogP contribution in [0.2, 0.25) is 0 Å². The number of ether oxygens (including phenoxy) is 1. The van der Waals surface area contributed by atoms with Gasteiger partial charge in [-0.25, -0.2) is 4.39 Å². The molecule has 180 valence electrons. The molecular formula is C30H24FNO4. The Kier molecular flexibility index (Phi) is 6.25. The third kappa shape index (κ3) is 4.22. The first-order valence-electron chi connectivity index (χ1n) is 11.7. The van der Waals surface area contributed by atoms with E-state index in [2.05, 4.69) is 0 Å². The molecule has 5 nitrogen and oxygen atoms in total. The van der Waals surface area contributed by atoms with Gasteiger partial charge in [0.05, 0.1) is 18.2 Å². The smallest absolute Gasteiger partial charge is 0.295 e. The van der Waals surface area contributed by atoms with Crippen molar-refractivity contribution in [1.82, 2.24) is 4.90 Å². The summed E-state index contributed by atoms with van der Waals surface area (Å²) in [4.78, 5) is 28.2. The highest BCUT2D eigenvalue weighted by Crippen LogP contribution is 2.42. The maximum atomic E-state index is 13.5. The molecule has 0 bridgehead atoms. The molecule has 5 rings (SSSR count). The van der Waals surface area contributed by atoms with Crippen molar-refractivity contribution in [1.29, 1.82) is 0 Å². The zero-order valence-electron chi connectivity index (χ0n) is 19.6. The Bertz CT molecular complexity index is 1490. The van der Waals surface area contributed by atoms with Crippen LogP contribution in [-0.4, -0.2) is 28.3 Å². The van der Waals surface area contributed by atoms with Crippen molar-refractivity contribution in [2.75, 3.05) is 6.61 Å². The van der Waals surface area contributed by atoms with Crippen LogP contribution in [0.25, 0.3) is 16.5 Å². The topological polar surface area (TPSA) is 66.8 Å². The van der Waals surface area contributed by atoms with E-state index < -0.39 is 17.7 Å². The number of Topliss-reactive ketones (excluding diaryl/α,β-unsaturated/α-hetero) is 1. The zero-order valence-corrected chi connectivity index (χ0v) is 19.6. The van der Waals surface area contributed by atoms with Crippen molar-refractivity contribution in [2.45, 2.75) is 19.5 Å². The minimum Gasteiger partial charge on any atom is -0.507 e. The summed E-state index contributed by atoms with van der Waals surface area (Å²) < 4.78 is 19.1. The highest BCUT2D eigenvalue weighted by atomic mass is 19.1. The Morgan fingerprint density at radius 3 is 2.44 bits per heavy atom. The second-order valence-corrected chi connectivity index (χ2v) is 8.58. The lowest BCUT2D eigenvalue weighted by Crippen LogP contribution is -2.29. The van der Waals surface area contributed by atoms with Gasteiger partial charge in [0.15, 0.2) is 0 Å². The predicted molar refractivity (Wildman–Crippen MR) is 136 cm³/mol. The number of ketones is 1. The van der Waals surface area contributed by atoms with E-state index in [9.17, 15) is 19.1 Å². The summed E-state index contributed by atoms with van der Waals surface area (Å²) in [5, 5.41) is 13.2. The van der Waals surface area contributed by atoms with Gasteiger partial charge in [-0.1, -0.05) is 66.7 Å². The SMILES string of the molecule is CCOc1cccc(/C(O)=C2/C(=O)C(=O)N(Cc3ccc(F)cc3)C2c2cccc3ccccc23)c1. The van der Waals surface area contributed by atoms with Gasteiger partial charge in [-0.05, 0) is 53.1 Å². The van der Waals surface area contributed by atoms with Crippen molar-refractivity contribution in [3.8, 4) is 5.75 Å². The molecule has 1 saturated heterocycles. The maximum Gasteiger partial charge on any atom is 0.295 e. The van der Waals surface area contributed by atoms with E-state index in [0.29, 0.717) is 23.5 Å². The summed E-state index contributed by atoms with van der Waals surface area (Å²) in [5.74, 6) is -1.60. The first-order chi connectivity index (χ1) is 17.5. The van der Waals surface area contributed by atoms with Crippen molar-refractivity contribution in [3.05, 3.63) is 119 Å². The molecule has 1 fully saturated rings. The number of aliphatic hydroxyl groups excluding tert-OH is 1. The van der Waals surface area contributed by atoms with Gasteiger partial charge in [0.1, 0.15) is 17.3 Å². The second kappa shape index (κ2) is 9.66. The summed E-state index contributed by atoms with van der Waals surface area (Å²) >= 11 is 0. The number of fused-ring (bicyclic) bond motifs is 1.